The second-order valence-corrected chi connectivity index (χ2v) is 8.04. The SMILES string of the molecule is CN=C(NCCc1ccc(OC)c(OC)c1OC)NC1CC(C)(C)Oc2ccccc21.I. The lowest BCUT2D eigenvalue weighted by molar-refractivity contribution is 0.0694. The van der Waals surface area contributed by atoms with E-state index in [1.54, 1.807) is 28.4 Å². The number of nitrogens with one attached hydrogen (secondary N) is 2. The van der Waals surface area contributed by atoms with Crippen molar-refractivity contribution in [1.29, 1.82) is 0 Å². The average molecular weight is 555 g/mol. The summed E-state index contributed by atoms with van der Waals surface area (Å²) in [5.74, 6) is 3.60. The maximum atomic E-state index is 6.13. The summed E-state index contributed by atoms with van der Waals surface area (Å²) in [6.07, 6.45) is 1.58. The molecule has 0 bridgehead atoms. The topological polar surface area (TPSA) is 73.3 Å². The van der Waals surface area contributed by atoms with Gasteiger partial charge >= 0.3 is 0 Å². The second-order valence-electron chi connectivity index (χ2n) is 8.04. The molecule has 2 aromatic rings. The van der Waals surface area contributed by atoms with Crippen LogP contribution in [0, 0.1) is 0 Å². The van der Waals surface area contributed by atoms with E-state index in [9.17, 15) is 0 Å². The molecule has 0 radical (unpaired) electrons. The predicted octanol–water partition coefficient (Wildman–Crippen LogP) is 4.34. The summed E-state index contributed by atoms with van der Waals surface area (Å²) in [6.45, 7) is 4.90. The third-order valence-electron chi connectivity index (χ3n) is 5.38. The van der Waals surface area contributed by atoms with Gasteiger partial charge in [0.15, 0.2) is 17.5 Å². The van der Waals surface area contributed by atoms with Gasteiger partial charge in [0.1, 0.15) is 11.4 Å². The molecule has 1 heterocycles. The number of nitrogens with zero attached hydrogens (tertiary/aromatic N) is 1. The van der Waals surface area contributed by atoms with Gasteiger partial charge < -0.3 is 29.6 Å². The monoisotopic (exact) mass is 555 g/mol. The van der Waals surface area contributed by atoms with Crippen molar-refractivity contribution in [3.8, 4) is 23.0 Å². The van der Waals surface area contributed by atoms with E-state index in [2.05, 4.69) is 35.5 Å². The molecular weight excluding hydrogens is 521 g/mol. The summed E-state index contributed by atoms with van der Waals surface area (Å²) < 4.78 is 22.6. The highest BCUT2D eigenvalue weighted by molar-refractivity contribution is 14.0. The van der Waals surface area contributed by atoms with Crippen molar-refractivity contribution in [1.82, 2.24) is 10.6 Å². The van der Waals surface area contributed by atoms with Gasteiger partial charge in [0.25, 0.3) is 0 Å². The number of benzene rings is 2. The van der Waals surface area contributed by atoms with Crippen LogP contribution in [0.2, 0.25) is 0 Å². The van der Waals surface area contributed by atoms with E-state index in [4.69, 9.17) is 18.9 Å². The number of halogens is 1. The Morgan fingerprint density at radius 3 is 2.44 bits per heavy atom. The molecule has 0 saturated carbocycles. The standard InChI is InChI=1S/C24H33N3O4.HI/c1-24(2)15-18(17-9-7-8-10-19(17)31-24)27-23(25-3)26-14-13-16-11-12-20(28-4)22(30-6)21(16)29-5;/h7-12,18H,13-15H2,1-6H3,(H2,25,26,27);1H. The van der Waals surface area contributed by atoms with Crippen LogP contribution in [-0.4, -0.2) is 46.5 Å². The first-order chi connectivity index (χ1) is 14.9. The number of rotatable bonds is 7. The van der Waals surface area contributed by atoms with Crippen molar-refractivity contribution in [3.63, 3.8) is 0 Å². The Bertz CT molecular complexity index is 933. The smallest absolute Gasteiger partial charge is 0.203 e. The van der Waals surface area contributed by atoms with Gasteiger partial charge in [0.05, 0.1) is 27.4 Å². The Morgan fingerprint density at radius 2 is 1.78 bits per heavy atom. The minimum Gasteiger partial charge on any atom is -0.493 e. The molecule has 1 atom stereocenters. The highest BCUT2D eigenvalue weighted by atomic mass is 127. The molecule has 176 valence electrons. The van der Waals surface area contributed by atoms with Gasteiger partial charge in [0.2, 0.25) is 5.75 Å². The highest BCUT2D eigenvalue weighted by Gasteiger charge is 2.33. The van der Waals surface area contributed by atoms with Gasteiger partial charge in [0, 0.05) is 31.1 Å². The van der Waals surface area contributed by atoms with Crippen molar-refractivity contribution >= 4 is 29.9 Å². The molecule has 2 N–H and O–H groups in total. The molecule has 32 heavy (non-hydrogen) atoms. The van der Waals surface area contributed by atoms with Crippen LogP contribution in [0.15, 0.2) is 41.4 Å². The molecule has 0 fully saturated rings. The molecule has 2 aromatic carbocycles. The Labute approximate surface area is 207 Å². The number of fused-ring (bicyclic) bond motifs is 1. The minimum absolute atomic E-state index is 0. The summed E-state index contributed by atoms with van der Waals surface area (Å²) in [5.41, 5.74) is 1.92. The maximum absolute atomic E-state index is 6.13. The van der Waals surface area contributed by atoms with Crippen LogP contribution in [0.4, 0.5) is 0 Å². The summed E-state index contributed by atoms with van der Waals surface area (Å²) in [7, 11) is 6.65. The molecule has 1 aliphatic heterocycles. The summed E-state index contributed by atoms with van der Waals surface area (Å²) in [5, 5.41) is 6.97. The fourth-order valence-electron chi connectivity index (χ4n) is 3.97. The van der Waals surface area contributed by atoms with Crippen molar-refractivity contribution in [2.45, 2.75) is 38.3 Å². The lowest BCUT2D eigenvalue weighted by Crippen LogP contribution is -2.45. The molecule has 0 aliphatic carbocycles. The van der Waals surface area contributed by atoms with E-state index in [1.807, 2.05) is 30.3 Å². The van der Waals surface area contributed by atoms with Gasteiger partial charge in [-0.15, -0.1) is 24.0 Å². The Balaban J connectivity index is 0.00000363. The quantitative estimate of drug-likeness (QED) is 0.301. The van der Waals surface area contributed by atoms with Crippen LogP contribution >= 0.6 is 24.0 Å². The van der Waals surface area contributed by atoms with Crippen molar-refractivity contribution in [2.24, 2.45) is 4.99 Å². The number of aliphatic imine (C=N–C) groups is 1. The molecule has 1 unspecified atom stereocenters. The predicted molar refractivity (Wildman–Crippen MR) is 138 cm³/mol. The first-order valence-corrected chi connectivity index (χ1v) is 10.5. The van der Waals surface area contributed by atoms with Crippen LogP contribution < -0.4 is 29.6 Å². The number of guanidine groups is 1. The highest BCUT2D eigenvalue weighted by Crippen LogP contribution is 2.40. The third-order valence-corrected chi connectivity index (χ3v) is 5.38. The van der Waals surface area contributed by atoms with Gasteiger partial charge in [-0.1, -0.05) is 24.3 Å². The third kappa shape index (κ3) is 5.90. The lowest BCUT2D eigenvalue weighted by Gasteiger charge is -2.38. The van der Waals surface area contributed by atoms with Crippen molar-refractivity contribution < 1.29 is 18.9 Å². The number of ether oxygens (including phenoxy) is 4. The van der Waals surface area contributed by atoms with Crippen molar-refractivity contribution in [3.05, 3.63) is 47.5 Å². The fraction of sp³-hybridized carbons (Fsp3) is 0.458. The molecular formula is C24H34IN3O4. The molecule has 0 spiro atoms. The number of hydrogen-bond acceptors (Lipinski definition) is 5. The number of methoxy groups -OCH3 is 3. The minimum atomic E-state index is -0.252. The first-order valence-electron chi connectivity index (χ1n) is 10.5. The zero-order valence-electron chi connectivity index (χ0n) is 19.7. The molecule has 0 amide bonds. The molecule has 8 heteroatoms. The number of hydrogen-bond donors (Lipinski definition) is 2. The Kier molecular flexibility index (Phi) is 9.30. The van der Waals surface area contributed by atoms with Crippen molar-refractivity contribution in [2.75, 3.05) is 34.9 Å². The lowest BCUT2D eigenvalue weighted by atomic mass is 9.90. The normalized spacial score (nSPS) is 16.7. The van der Waals surface area contributed by atoms with Crippen LogP contribution in [0.25, 0.3) is 0 Å². The largest absolute Gasteiger partial charge is 0.493 e. The second kappa shape index (κ2) is 11.5. The van der Waals surface area contributed by atoms with E-state index in [-0.39, 0.29) is 35.6 Å². The van der Waals surface area contributed by atoms with E-state index in [0.717, 1.165) is 35.7 Å². The van der Waals surface area contributed by atoms with Crippen LogP contribution in [-0.2, 0) is 6.42 Å². The molecule has 7 nitrogen and oxygen atoms in total. The van der Waals surface area contributed by atoms with Crippen LogP contribution in [0.1, 0.15) is 37.4 Å². The van der Waals surface area contributed by atoms with Crippen LogP contribution in [0.5, 0.6) is 23.0 Å². The Hall–Kier alpha value is -2.36. The van der Waals surface area contributed by atoms with Gasteiger partial charge in [-0.2, -0.15) is 0 Å². The average Bonchev–Trinajstić information content (AvgIpc) is 2.76. The maximum Gasteiger partial charge on any atom is 0.203 e. The van der Waals surface area contributed by atoms with Gasteiger partial charge in [-0.3, -0.25) is 4.99 Å². The van der Waals surface area contributed by atoms with E-state index >= 15 is 0 Å². The molecule has 0 saturated heterocycles. The summed E-state index contributed by atoms with van der Waals surface area (Å²) in [6, 6.07) is 12.2. The van der Waals surface area contributed by atoms with E-state index in [0.29, 0.717) is 23.8 Å². The first kappa shape index (κ1) is 25.9. The number of para-hydroxylation sites is 1. The summed E-state index contributed by atoms with van der Waals surface area (Å²) >= 11 is 0. The van der Waals surface area contributed by atoms with Gasteiger partial charge in [-0.25, -0.2) is 0 Å². The molecule has 0 aromatic heterocycles. The zero-order valence-corrected chi connectivity index (χ0v) is 22.0. The molecule has 3 rings (SSSR count). The van der Waals surface area contributed by atoms with Crippen LogP contribution in [0.3, 0.4) is 0 Å². The van der Waals surface area contributed by atoms with Gasteiger partial charge in [-0.05, 0) is 32.4 Å². The van der Waals surface area contributed by atoms with E-state index < -0.39 is 0 Å². The van der Waals surface area contributed by atoms with E-state index in [1.165, 1.54) is 0 Å². The summed E-state index contributed by atoms with van der Waals surface area (Å²) in [4.78, 5) is 4.42. The molecule has 1 aliphatic rings. The Morgan fingerprint density at radius 1 is 1.06 bits per heavy atom. The zero-order chi connectivity index (χ0) is 22.4. The fourth-order valence-corrected chi connectivity index (χ4v) is 3.97.